The summed E-state index contributed by atoms with van der Waals surface area (Å²) in [5.41, 5.74) is 0.940. The number of halogens is 3. The van der Waals surface area contributed by atoms with E-state index in [-0.39, 0.29) is 30.6 Å². The molecule has 28 heavy (non-hydrogen) atoms. The number of anilines is 1. The van der Waals surface area contributed by atoms with Crippen LogP contribution in [0.5, 0.6) is 0 Å². The van der Waals surface area contributed by atoms with Crippen molar-refractivity contribution in [3.8, 4) is 0 Å². The number of hydrogen-bond donors (Lipinski definition) is 2. The van der Waals surface area contributed by atoms with Gasteiger partial charge in [0.1, 0.15) is 6.04 Å². The molecule has 3 rings (SSSR count). The molecule has 1 saturated heterocycles. The summed E-state index contributed by atoms with van der Waals surface area (Å²) >= 11 is 0. The van der Waals surface area contributed by atoms with Crippen molar-refractivity contribution >= 4 is 29.3 Å². The van der Waals surface area contributed by atoms with Crippen molar-refractivity contribution in [1.82, 2.24) is 10.2 Å². The molecule has 2 aliphatic rings. The first-order valence-corrected chi connectivity index (χ1v) is 8.71. The average molecular weight is 397 g/mol. The molecule has 150 valence electrons. The van der Waals surface area contributed by atoms with Crippen LogP contribution in [0.1, 0.15) is 42.1 Å². The summed E-state index contributed by atoms with van der Waals surface area (Å²) in [5.74, 6) is -3.50. The molecular formula is C18H18F3N3O4. The third kappa shape index (κ3) is 4.00. The number of imide groups is 1. The summed E-state index contributed by atoms with van der Waals surface area (Å²) in [7, 11) is 0. The maximum absolute atomic E-state index is 12.7. The molecule has 2 atom stereocenters. The van der Waals surface area contributed by atoms with Crippen LogP contribution >= 0.6 is 0 Å². The van der Waals surface area contributed by atoms with Gasteiger partial charge in [0.25, 0.3) is 5.91 Å². The minimum Gasteiger partial charge on any atom is -0.326 e. The third-order valence-corrected chi connectivity index (χ3v) is 4.83. The van der Waals surface area contributed by atoms with Gasteiger partial charge in [-0.05, 0) is 18.6 Å². The van der Waals surface area contributed by atoms with Gasteiger partial charge in [0.2, 0.25) is 17.7 Å². The van der Waals surface area contributed by atoms with Gasteiger partial charge in [-0.1, -0.05) is 13.0 Å². The van der Waals surface area contributed by atoms with E-state index in [2.05, 4.69) is 10.6 Å². The molecule has 1 aromatic rings. The van der Waals surface area contributed by atoms with Gasteiger partial charge in [-0.15, -0.1) is 0 Å². The quantitative estimate of drug-likeness (QED) is 0.760. The third-order valence-electron chi connectivity index (χ3n) is 4.83. The highest BCUT2D eigenvalue weighted by atomic mass is 19.4. The van der Waals surface area contributed by atoms with Gasteiger partial charge in [-0.3, -0.25) is 24.5 Å². The van der Waals surface area contributed by atoms with E-state index in [1.54, 1.807) is 0 Å². The van der Waals surface area contributed by atoms with Gasteiger partial charge in [-0.2, -0.15) is 13.2 Å². The maximum Gasteiger partial charge on any atom is 0.389 e. The lowest BCUT2D eigenvalue weighted by Gasteiger charge is -2.29. The minimum absolute atomic E-state index is 0.0184. The highest BCUT2D eigenvalue weighted by Gasteiger charge is 2.40. The van der Waals surface area contributed by atoms with Crippen LogP contribution in [0.15, 0.2) is 18.2 Å². The molecular weight excluding hydrogens is 379 g/mol. The first-order valence-electron chi connectivity index (χ1n) is 8.71. The second-order valence-electron chi connectivity index (χ2n) is 6.94. The Labute approximate surface area is 158 Å². The van der Waals surface area contributed by atoms with Crippen LogP contribution in [0.2, 0.25) is 0 Å². The number of amides is 4. The minimum atomic E-state index is -4.46. The van der Waals surface area contributed by atoms with Crippen molar-refractivity contribution in [3.05, 3.63) is 29.3 Å². The summed E-state index contributed by atoms with van der Waals surface area (Å²) in [5, 5.41) is 4.64. The largest absolute Gasteiger partial charge is 0.389 e. The SMILES string of the molecule is CC(CC(F)(F)F)C(=O)Nc1cccc2c1CN(C1CCC(=O)NC1=O)C2=O. The number of piperidine rings is 1. The Morgan fingerprint density at radius 1 is 1.32 bits per heavy atom. The summed E-state index contributed by atoms with van der Waals surface area (Å²) < 4.78 is 37.5. The van der Waals surface area contributed by atoms with E-state index in [0.29, 0.717) is 5.56 Å². The number of carbonyl (C=O) groups excluding carboxylic acids is 4. The summed E-state index contributed by atoms with van der Waals surface area (Å²) in [6.45, 7) is 1.19. The van der Waals surface area contributed by atoms with Crippen LogP contribution < -0.4 is 10.6 Å². The number of fused-ring (bicyclic) bond motifs is 1. The Bertz CT molecular complexity index is 853. The highest BCUT2D eigenvalue weighted by molar-refractivity contribution is 6.06. The Hall–Kier alpha value is -2.91. The van der Waals surface area contributed by atoms with Crippen LogP contribution in [-0.4, -0.2) is 40.7 Å². The Morgan fingerprint density at radius 3 is 2.68 bits per heavy atom. The molecule has 4 amide bonds. The van der Waals surface area contributed by atoms with Gasteiger partial charge >= 0.3 is 6.18 Å². The van der Waals surface area contributed by atoms with E-state index in [9.17, 15) is 32.3 Å². The number of nitrogens with one attached hydrogen (secondary N) is 2. The van der Waals surface area contributed by atoms with E-state index in [0.717, 1.165) is 0 Å². The Morgan fingerprint density at radius 2 is 2.04 bits per heavy atom. The fourth-order valence-corrected chi connectivity index (χ4v) is 3.40. The molecule has 0 bridgehead atoms. The standard InChI is InChI=1S/C18H18F3N3O4/c1-9(7-18(19,20)21)15(26)22-12-4-2-3-10-11(12)8-24(17(10)28)13-5-6-14(25)23-16(13)27/h2-4,9,13H,5-8H2,1H3,(H,22,26)(H,23,25,27). The van der Waals surface area contributed by atoms with Crippen molar-refractivity contribution in [2.45, 2.75) is 44.9 Å². The summed E-state index contributed by atoms with van der Waals surface area (Å²) in [6.07, 6.45) is -5.42. The van der Waals surface area contributed by atoms with Crippen LogP contribution in [0.25, 0.3) is 0 Å². The number of alkyl halides is 3. The lowest BCUT2D eigenvalue weighted by molar-refractivity contribution is -0.150. The molecule has 10 heteroatoms. The lowest BCUT2D eigenvalue weighted by atomic mass is 10.0. The molecule has 0 radical (unpaired) electrons. The van der Waals surface area contributed by atoms with Crippen LogP contribution in [0.3, 0.4) is 0 Å². The molecule has 0 saturated carbocycles. The van der Waals surface area contributed by atoms with E-state index >= 15 is 0 Å². The molecule has 2 N–H and O–H groups in total. The van der Waals surface area contributed by atoms with Gasteiger partial charge in [0, 0.05) is 35.7 Å². The van der Waals surface area contributed by atoms with E-state index in [1.165, 1.54) is 30.0 Å². The topological polar surface area (TPSA) is 95.6 Å². The predicted molar refractivity (Wildman–Crippen MR) is 91.0 cm³/mol. The fraction of sp³-hybridized carbons (Fsp3) is 0.444. The molecule has 0 aliphatic carbocycles. The van der Waals surface area contributed by atoms with Crippen molar-refractivity contribution in [2.75, 3.05) is 5.32 Å². The number of nitrogens with zero attached hydrogens (tertiary/aromatic N) is 1. The molecule has 1 aromatic carbocycles. The van der Waals surface area contributed by atoms with E-state index in [1.807, 2.05) is 0 Å². The fourth-order valence-electron chi connectivity index (χ4n) is 3.40. The smallest absolute Gasteiger partial charge is 0.326 e. The number of rotatable bonds is 4. The molecule has 2 aliphatic heterocycles. The average Bonchev–Trinajstić information content (AvgIpc) is 2.91. The zero-order valence-corrected chi connectivity index (χ0v) is 14.9. The van der Waals surface area contributed by atoms with Crippen molar-refractivity contribution < 1.29 is 32.3 Å². The zero-order chi connectivity index (χ0) is 20.6. The summed E-state index contributed by atoms with van der Waals surface area (Å²) in [6, 6.07) is 3.72. The van der Waals surface area contributed by atoms with Gasteiger partial charge in [0.05, 0.1) is 6.42 Å². The number of benzene rings is 1. The Kier molecular flexibility index (Phi) is 5.14. The maximum atomic E-state index is 12.7. The zero-order valence-electron chi connectivity index (χ0n) is 14.9. The van der Waals surface area contributed by atoms with E-state index < -0.39 is 48.2 Å². The molecule has 2 unspecified atom stereocenters. The lowest BCUT2D eigenvalue weighted by Crippen LogP contribution is -2.52. The normalized spacial score (nSPS) is 20.6. The predicted octanol–water partition coefficient (Wildman–Crippen LogP) is 1.97. The molecule has 7 nitrogen and oxygen atoms in total. The van der Waals surface area contributed by atoms with E-state index in [4.69, 9.17) is 0 Å². The van der Waals surface area contributed by atoms with Crippen molar-refractivity contribution in [3.63, 3.8) is 0 Å². The first kappa shape index (κ1) is 19.8. The van der Waals surface area contributed by atoms with Crippen molar-refractivity contribution in [2.24, 2.45) is 5.92 Å². The van der Waals surface area contributed by atoms with Crippen molar-refractivity contribution in [1.29, 1.82) is 0 Å². The molecule has 2 heterocycles. The van der Waals surface area contributed by atoms with Crippen LogP contribution in [0.4, 0.5) is 18.9 Å². The second-order valence-corrected chi connectivity index (χ2v) is 6.94. The van der Waals surface area contributed by atoms with Crippen LogP contribution in [0, 0.1) is 5.92 Å². The highest BCUT2D eigenvalue weighted by Crippen LogP contribution is 2.33. The van der Waals surface area contributed by atoms with Gasteiger partial charge in [-0.25, -0.2) is 0 Å². The van der Waals surface area contributed by atoms with Gasteiger partial charge in [0.15, 0.2) is 0 Å². The van der Waals surface area contributed by atoms with Crippen LogP contribution in [-0.2, 0) is 20.9 Å². The second kappa shape index (κ2) is 7.25. The Balaban J connectivity index is 1.78. The number of hydrogen-bond acceptors (Lipinski definition) is 4. The monoisotopic (exact) mass is 397 g/mol. The molecule has 0 aromatic heterocycles. The first-order chi connectivity index (χ1) is 13.1. The molecule has 0 spiro atoms. The summed E-state index contributed by atoms with van der Waals surface area (Å²) in [4.78, 5) is 49.5. The van der Waals surface area contributed by atoms with Gasteiger partial charge < -0.3 is 10.2 Å². The molecule has 1 fully saturated rings. The number of carbonyl (C=O) groups is 4.